The first-order valence-corrected chi connectivity index (χ1v) is 9.35. The molecule has 1 N–H and O–H groups in total. The molecule has 2 aromatic carbocycles. The molecule has 1 atom stereocenters. The van der Waals surface area contributed by atoms with Gasteiger partial charge in [0.2, 0.25) is 11.8 Å². The van der Waals surface area contributed by atoms with Crippen LogP contribution in [0.2, 0.25) is 0 Å². The summed E-state index contributed by atoms with van der Waals surface area (Å²) in [5.74, 6) is 1.13. The molecule has 2 aromatic rings. The number of amides is 2. The Morgan fingerprint density at radius 3 is 2.64 bits per heavy atom. The van der Waals surface area contributed by atoms with E-state index in [1.807, 2.05) is 42.5 Å². The molecular formula is C22H26N2O4. The van der Waals surface area contributed by atoms with Crippen molar-refractivity contribution in [1.82, 2.24) is 4.90 Å². The Morgan fingerprint density at radius 1 is 1.14 bits per heavy atom. The number of carbonyl (C=O) groups is 2. The number of para-hydroxylation sites is 1. The summed E-state index contributed by atoms with van der Waals surface area (Å²) in [4.78, 5) is 26.5. The average Bonchev–Trinajstić information content (AvgIpc) is 2.71. The van der Waals surface area contributed by atoms with Crippen LogP contribution in [0.15, 0.2) is 42.5 Å². The maximum atomic E-state index is 12.6. The number of rotatable bonds is 7. The number of benzene rings is 2. The van der Waals surface area contributed by atoms with E-state index in [4.69, 9.17) is 9.47 Å². The second-order valence-electron chi connectivity index (χ2n) is 7.03. The van der Waals surface area contributed by atoms with E-state index in [0.717, 1.165) is 16.8 Å². The fraction of sp³-hybridized carbons (Fsp3) is 0.364. The van der Waals surface area contributed by atoms with Crippen molar-refractivity contribution in [3.05, 3.63) is 53.6 Å². The van der Waals surface area contributed by atoms with Gasteiger partial charge in [0.05, 0.1) is 14.2 Å². The predicted molar refractivity (Wildman–Crippen MR) is 108 cm³/mol. The number of hydrogen-bond donors (Lipinski definition) is 1. The lowest BCUT2D eigenvalue weighted by molar-refractivity contribution is -0.131. The zero-order valence-corrected chi connectivity index (χ0v) is 16.5. The number of hydrogen-bond acceptors (Lipinski definition) is 4. The molecule has 1 aliphatic rings. The molecule has 2 amide bonds. The second kappa shape index (κ2) is 8.78. The predicted octanol–water partition coefficient (Wildman–Crippen LogP) is 3.25. The largest absolute Gasteiger partial charge is 0.493 e. The number of anilines is 1. The molecule has 6 heteroatoms. The first kappa shape index (κ1) is 19.7. The van der Waals surface area contributed by atoms with Crippen molar-refractivity contribution >= 4 is 17.5 Å². The van der Waals surface area contributed by atoms with Crippen molar-refractivity contribution in [1.29, 1.82) is 0 Å². The molecule has 1 aliphatic heterocycles. The summed E-state index contributed by atoms with van der Waals surface area (Å²) in [7, 11) is 4.95. The summed E-state index contributed by atoms with van der Waals surface area (Å²) in [5, 5.41) is 2.94. The quantitative estimate of drug-likeness (QED) is 0.798. The Morgan fingerprint density at radius 2 is 1.89 bits per heavy atom. The van der Waals surface area contributed by atoms with E-state index in [1.54, 1.807) is 26.2 Å². The maximum Gasteiger partial charge on any atom is 0.227 e. The van der Waals surface area contributed by atoms with Crippen LogP contribution in [0.4, 0.5) is 5.69 Å². The van der Waals surface area contributed by atoms with Gasteiger partial charge in [0, 0.05) is 31.6 Å². The minimum atomic E-state index is -0.173. The van der Waals surface area contributed by atoms with Crippen molar-refractivity contribution in [2.45, 2.75) is 25.8 Å². The molecule has 0 unspecified atom stereocenters. The highest BCUT2D eigenvalue weighted by molar-refractivity contribution is 5.96. The maximum absolute atomic E-state index is 12.6. The van der Waals surface area contributed by atoms with E-state index in [2.05, 4.69) is 5.32 Å². The molecule has 6 nitrogen and oxygen atoms in total. The van der Waals surface area contributed by atoms with Crippen LogP contribution in [0.25, 0.3) is 0 Å². The van der Waals surface area contributed by atoms with Gasteiger partial charge in [0.1, 0.15) is 0 Å². The summed E-state index contributed by atoms with van der Waals surface area (Å²) < 4.78 is 10.6. The monoisotopic (exact) mass is 382 g/mol. The van der Waals surface area contributed by atoms with Crippen molar-refractivity contribution in [2.24, 2.45) is 5.92 Å². The topological polar surface area (TPSA) is 67.9 Å². The summed E-state index contributed by atoms with van der Waals surface area (Å²) in [6.07, 6.45) is 1.55. The molecule has 148 valence electrons. The molecule has 28 heavy (non-hydrogen) atoms. The molecule has 0 aliphatic carbocycles. The molecular weight excluding hydrogens is 356 g/mol. The number of methoxy groups -OCH3 is 2. The molecule has 0 spiro atoms. The Hall–Kier alpha value is -3.02. The SMILES string of the molecule is COc1ccc(CN(C)C(=O)CC[C@@H]2Cc3ccccc3NC2=O)cc1OC. The van der Waals surface area contributed by atoms with Gasteiger partial charge in [-0.3, -0.25) is 9.59 Å². The van der Waals surface area contributed by atoms with Gasteiger partial charge in [-0.25, -0.2) is 0 Å². The highest BCUT2D eigenvalue weighted by atomic mass is 16.5. The third-order valence-electron chi connectivity index (χ3n) is 5.11. The van der Waals surface area contributed by atoms with Crippen molar-refractivity contribution in [3.63, 3.8) is 0 Å². The first-order valence-electron chi connectivity index (χ1n) is 9.35. The molecule has 0 radical (unpaired) electrons. The van der Waals surface area contributed by atoms with E-state index in [1.165, 1.54) is 0 Å². The summed E-state index contributed by atoms with van der Waals surface area (Å²) in [6.45, 7) is 0.471. The Bertz CT molecular complexity index is 865. The second-order valence-corrected chi connectivity index (χ2v) is 7.03. The van der Waals surface area contributed by atoms with Gasteiger partial charge in [0.25, 0.3) is 0 Å². The zero-order chi connectivity index (χ0) is 20.1. The smallest absolute Gasteiger partial charge is 0.227 e. The zero-order valence-electron chi connectivity index (χ0n) is 16.5. The third-order valence-corrected chi connectivity index (χ3v) is 5.11. The summed E-state index contributed by atoms with van der Waals surface area (Å²) in [6, 6.07) is 13.4. The van der Waals surface area contributed by atoms with E-state index < -0.39 is 0 Å². The van der Waals surface area contributed by atoms with Gasteiger partial charge in [-0.15, -0.1) is 0 Å². The van der Waals surface area contributed by atoms with Crippen LogP contribution in [-0.4, -0.2) is 38.0 Å². The Labute approximate surface area is 165 Å². The number of carbonyl (C=O) groups excluding carboxylic acids is 2. The minimum absolute atomic E-state index is 0.00551. The molecule has 0 saturated heterocycles. The number of fused-ring (bicyclic) bond motifs is 1. The lowest BCUT2D eigenvalue weighted by Crippen LogP contribution is -2.32. The molecule has 3 rings (SSSR count). The van der Waals surface area contributed by atoms with Crippen molar-refractivity contribution < 1.29 is 19.1 Å². The van der Waals surface area contributed by atoms with Crippen LogP contribution in [0.5, 0.6) is 11.5 Å². The van der Waals surface area contributed by atoms with Crippen LogP contribution in [0, 0.1) is 5.92 Å². The molecule has 0 aromatic heterocycles. The van der Waals surface area contributed by atoms with Gasteiger partial charge in [-0.1, -0.05) is 24.3 Å². The van der Waals surface area contributed by atoms with Gasteiger partial charge >= 0.3 is 0 Å². The van der Waals surface area contributed by atoms with Crippen molar-refractivity contribution in [2.75, 3.05) is 26.6 Å². The fourth-order valence-electron chi connectivity index (χ4n) is 3.48. The summed E-state index contributed by atoms with van der Waals surface area (Å²) in [5.41, 5.74) is 2.96. The van der Waals surface area contributed by atoms with Crippen LogP contribution in [0.1, 0.15) is 24.0 Å². The Kier molecular flexibility index (Phi) is 6.19. The number of nitrogens with one attached hydrogen (secondary N) is 1. The lowest BCUT2D eigenvalue weighted by Gasteiger charge is -2.25. The average molecular weight is 382 g/mol. The Balaban J connectivity index is 1.56. The van der Waals surface area contributed by atoms with E-state index >= 15 is 0 Å². The van der Waals surface area contributed by atoms with Crippen LogP contribution in [0.3, 0.4) is 0 Å². The minimum Gasteiger partial charge on any atom is -0.493 e. The van der Waals surface area contributed by atoms with Crippen LogP contribution >= 0.6 is 0 Å². The number of nitrogens with zero attached hydrogens (tertiary/aromatic N) is 1. The van der Waals surface area contributed by atoms with E-state index in [0.29, 0.717) is 37.3 Å². The van der Waals surface area contributed by atoms with E-state index in [9.17, 15) is 9.59 Å². The molecule has 0 bridgehead atoms. The standard InChI is InChI=1S/C22H26N2O4/c1-24(14-15-8-10-19(27-2)20(12-15)28-3)21(25)11-9-17-13-16-6-4-5-7-18(16)23-22(17)26/h4-8,10,12,17H,9,11,13-14H2,1-3H3,(H,23,26)/t17-/m1/s1. The highest BCUT2D eigenvalue weighted by Gasteiger charge is 2.26. The lowest BCUT2D eigenvalue weighted by atomic mass is 9.89. The fourth-order valence-corrected chi connectivity index (χ4v) is 3.48. The third kappa shape index (κ3) is 4.44. The number of ether oxygens (including phenoxy) is 2. The van der Waals surface area contributed by atoms with Crippen LogP contribution in [-0.2, 0) is 22.6 Å². The highest BCUT2D eigenvalue weighted by Crippen LogP contribution is 2.29. The van der Waals surface area contributed by atoms with Crippen LogP contribution < -0.4 is 14.8 Å². The summed E-state index contributed by atoms with van der Waals surface area (Å²) >= 11 is 0. The molecule has 0 saturated carbocycles. The van der Waals surface area contributed by atoms with Gasteiger partial charge in [0.15, 0.2) is 11.5 Å². The van der Waals surface area contributed by atoms with Crippen molar-refractivity contribution in [3.8, 4) is 11.5 Å². The van der Waals surface area contributed by atoms with Gasteiger partial charge < -0.3 is 19.7 Å². The molecule has 0 fully saturated rings. The molecule has 1 heterocycles. The van der Waals surface area contributed by atoms with Gasteiger partial charge in [-0.05, 0) is 42.2 Å². The normalized spacial score (nSPS) is 15.4. The first-order chi connectivity index (χ1) is 13.5. The van der Waals surface area contributed by atoms with Gasteiger partial charge in [-0.2, -0.15) is 0 Å². The van der Waals surface area contributed by atoms with E-state index in [-0.39, 0.29) is 17.7 Å².